The molecule has 6 rings (SSSR count). The van der Waals surface area contributed by atoms with Gasteiger partial charge in [-0.3, -0.25) is 9.59 Å². The zero-order chi connectivity index (χ0) is 54.5. The molecule has 2 fully saturated rings. The second kappa shape index (κ2) is 38.8. The molecular formula is C68H100N2O8. The van der Waals surface area contributed by atoms with Crippen molar-refractivity contribution in [3.05, 3.63) is 120 Å². The van der Waals surface area contributed by atoms with Gasteiger partial charge in [-0.25, -0.2) is 0 Å². The molecule has 6 unspecified atom stereocenters. The highest BCUT2D eigenvalue weighted by Gasteiger charge is 2.50. The second-order valence-electron chi connectivity index (χ2n) is 22.2. The summed E-state index contributed by atoms with van der Waals surface area (Å²) in [6.45, 7) is 4.61. The first-order chi connectivity index (χ1) is 38.5. The maximum Gasteiger partial charge on any atom is 0.306 e. The first kappa shape index (κ1) is 62.5. The standard InChI is InChI=1S/C68H100N2O8/c1-3-5-7-9-11-13-15-17-19-21-23-25-27-29-37-43-63(71)73-53-61(75-64(72)44-38-30-28-26-24-22-20-18-16-14-12-10-8-6-4-2)65-66-62(76-68(78-65)56-47-51-60(52-48-56)70-58-41-35-32-36-42-58)54-74-67(77-66)55-45-49-59(50-46-55)69-57-39-33-31-34-40-57/h31-36,39-42,45-52,61-62,65-70H,3-30,37-38,43-44,53-54H2,1-2H3. The van der Waals surface area contributed by atoms with Gasteiger partial charge < -0.3 is 39.1 Å². The van der Waals surface area contributed by atoms with Crippen molar-refractivity contribution in [2.45, 2.75) is 256 Å². The summed E-state index contributed by atoms with van der Waals surface area (Å²) in [6, 6.07) is 36.0. The van der Waals surface area contributed by atoms with Crippen LogP contribution in [0, 0.1) is 0 Å². The SMILES string of the molecule is CCCCCCCCCCCCCCCCCC(=O)OCC(OC(=O)CCCCCCCCCCCCCCCCC)C1OC(c2ccc(Nc3ccccc3)cc2)OC2COC(c3ccc(Nc4ccccc4)cc3)OC21. The van der Waals surface area contributed by atoms with E-state index in [4.69, 9.17) is 28.4 Å². The largest absolute Gasteiger partial charge is 0.462 e. The number of rotatable bonds is 42. The Morgan fingerprint density at radius 1 is 0.436 bits per heavy atom. The van der Waals surface area contributed by atoms with Crippen molar-refractivity contribution in [1.82, 2.24) is 0 Å². The van der Waals surface area contributed by atoms with Crippen LogP contribution in [-0.2, 0) is 38.0 Å². The summed E-state index contributed by atoms with van der Waals surface area (Å²) in [5.41, 5.74) is 5.43. The van der Waals surface area contributed by atoms with Crippen molar-refractivity contribution < 1.29 is 38.0 Å². The summed E-state index contributed by atoms with van der Waals surface area (Å²) in [5.74, 6) is -0.636. The summed E-state index contributed by atoms with van der Waals surface area (Å²) in [4.78, 5) is 27.4. The molecule has 0 radical (unpaired) electrons. The van der Waals surface area contributed by atoms with Gasteiger partial charge in [-0.1, -0.05) is 254 Å². The molecule has 78 heavy (non-hydrogen) atoms. The molecule has 2 N–H and O–H groups in total. The first-order valence-electron chi connectivity index (χ1n) is 31.3. The number of benzene rings is 4. The molecular weight excluding hydrogens is 973 g/mol. The fourth-order valence-corrected chi connectivity index (χ4v) is 10.8. The van der Waals surface area contributed by atoms with Gasteiger partial charge >= 0.3 is 11.9 Å². The molecule has 2 aliphatic heterocycles. The zero-order valence-electron chi connectivity index (χ0n) is 48.2. The van der Waals surface area contributed by atoms with Gasteiger partial charge in [-0.15, -0.1) is 0 Å². The minimum absolute atomic E-state index is 0.155. The van der Waals surface area contributed by atoms with E-state index >= 15 is 0 Å². The summed E-state index contributed by atoms with van der Waals surface area (Å²) >= 11 is 0. The Kier molecular flexibility index (Phi) is 31.1. The highest BCUT2D eigenvalue weighted by atomic mass is 16.8. The van der Waals surface area contributed by atoms with Crippen LogP contribution in [0.15, 0.2) is 109 Å². The number of hydrogen-bond acceptors (Lipinski definition) is 10. The minimum Gasteiger partial charge on any atom is -0.462 e. The van der Waals surface area contributed by atoms with Gasteiger partial charge in [0.2, 0.25) is 0 Å². The van der Waals surface area contributed by atoms with E-state index in [0.29, 0.717) is 6.42 Å². The Morgan fingerprint density at radius 3 is 1.23 bits per heavy atom. The quantitative estimate of drug-likeness (QED) is 0.0328. The van der Waals surface area contributed by atoms with Gasteiger partial charge in [0, 0.05) is 46.7 Å². The lowest BCUT2D eigenvalue weighted by atomic mass is 9.99. The summed E-state index contributed by atoms with van der Waals surface area (Å²) in [6.07, 6.45) is 33.5. The van der Waals surface area contributed by atoms with E-state index in [9.17, 15) is 9.59 Å². The molecule has 0 spiro atoms. The normalized spacial score (nSPS) is 18.5. The van der Waals surface area contributed by atoms with Crippen LogP contribution in [0.5, 0.6) is 0 Å². The Morgan fingerprint density at radius 2 is 0.808 bits per heavy atom. The maximum absolute atomic E-state index is 13.9. The number of esters is 2. The van der Waals surface area contributed by atoms with E-state index in [-0.39, 0.29) is 31.6 Å². The van der Waals surface area contributed by atoms with Crippen LogP contribution in [0.2, 0.25) is 0 Å². The Hall–Kier alpha value is -4.74. The molecule has 2 saturated heterocycles. The van der Waals surface area contributed by atoms with E-state index in [1.54, 1.807) is 0 Å². The van der Waals surface area contributed by atoms with Crippen molar-refractivity contribution in [2.75, 3.05) is 23.8 Å². The molecule has 0 aromatic heterocycles. The number of ether oxygens (including phenoxy) is 6. The summed E-state index contributed by atoms with van der Waals surface area (Å²) in [7, 11) is 0. The monoisotopic (exact) mass is 1070 g/mol. The molecule has 6 atom stereocenters. The molecule has 2 aliphatic rings. The highest BCUT2D eigenvalue weighted by Crippen LogP contribution is 2.40. The van der Waals surface area contributed by atoms with E-state index in [0.717, 1.165) is 72.4 Å². The molecule has 0 amide bonds. The summed E-state index contributed by atoms with van der Waals surface area (Å²) in [5, 5.41) is 6.89. The van der Waals surface area contributed by atoms with Crippen molar-refractivity contribution in [2.24, 2.45) is 0 Å². The predicted octanol–water partition coefficient (Wildman–Crippen LogP) is 19.0. The number of carbonyl (C=O) groups excluding carboxylic acids is 2. The van der Waals surface area contributed by atoms with Crippen molar-refractivity contribution in [3.63, 3.8) is 0 Å². The van der Waals surface area contributed by atoms with Crippen LogP contribution >= 0.6 is 0 Å². The minimum atomic E-state index is -0.951. The third kappa shape index (κ3) is 24.7. The van der Waals surface area contributed by atoms with Gasteiger partial charge in [0.05, 0.1) is 6.61 Å². The third-order valence-corrected chi connectivity index (χ3v) is 15.5. The van der Waals surface area contributed by atoms with Crippen LogP contribution in [0.25, 0.3) is 0 Å². The van der Waals surface area contributed by atoms with E-state index in [1.165, 1.54) is 154 Å². The van der Waals surface area contributed by atoms with Crippen molar-refractivity contribution in [3.8, 4) is 0 Å². The molecule has 0 bridgehead atoms. The number of carbonyl (C=O) groups is 2. The fourth-order valence-electron chi connectivity index (χ4n) is 10.8. The fraction of sp³-hybridized carbons (Fsp3) is 0.618. The van der Waals surface area contributed by atoms with E-state index in [1.807, 2.05) is 109 Å². The Bertz CT molecular complexity index is 2140. The Labute approximate surface area is 471 Å². The predicted molar refractivity (Wildman–Crippen MR) is 318 cm³/mol. The lowest BCUT2D eigenvalue weighted by molar-refractivity contribution is -0.373. The molecule has 430 valence electrons. The number of unbranched alkanes of at least 4 members (excludes halogenated alkanes) is 28. The van der Waals surface area contributed by atoms with E-state index in [2.05, 4.69) is 24.5 Å². The van der Waals surface area contributed by atoms with Crippen molar-refractivity contribution in [1.29, 1.82) is 0 Å². The third-order valence-electron chi connectivity index (χ3n) is 15.5. The van der Waals surface area contributed by atoms with Crippen LogP contribution < -0.4 is 10.6 Å². The second-order valence-corrected chi connectivity index (χ2v) is 22.2. The molecule has 0 saturated carbocycles. The maximum atomic E-state index is 13.9. The molecule has 4 aromatic carbocycles. The average molecular weight is 1070 g/mol. The van der Waals surface area contributed by atoms with Gasteiger partial charge in [-0.05, 0) is 61.4 Å². The molecule has 0 aliphatic carbocycles. The van der Waals surface area contributed by atoms with Gasteiger partial charge in [-0.2, -0.15) is 0 Å². The number of nitrogens with one attached hydrogen (secondary N) is 2. The van der Waals surface area contributed by atoms with Crippen LogP contribution in [0.4, 0.5) is 22.7 Å². The average Bonchev–Trinajstić information content (AvgIpc) is 3.56. The number of hydrogen-bond donors (Lipinski definition) is 2. The lowest BCUT2D eigenvalue weighted by Crippen LogP contribution is -2.59. The number of para-hydroxylation sites is 2. The topological polar surface area (TPSA) is 114 Å². The van der Waals surface area contributed by atoms with Gasteiger partial charge in [0.1, 0.15) is 24.9 Å². The van der Waals surface area contributed by atoms with Crippen LogP contribution in [0.3, 0.4) is 0 Å². The Balaban J connectivity index is 1.05. The molecule has 4 aromatic rings. The van der Waals surface area contributed by atoms with Crippen LogP contribution in [-0.4, -0.2) is 49.6 Å². The molecule has 10 heteroatoms. The van der Waals surface area contributed by atoms with Crippen LogP contribution in [0.1, 0.15) is 243 Å². The van der Waals surface area contributed by atoms with Gasteiger partial charge in [0.25, 0.3) is 0 Å². The molecule has 2 heterocycles. The lowest BCUT2D eigenvalue weighted by Gasteiger charge is -2.47. The number of anilines is 4. The highest BCUT2D eigenvalue weighted by molar-refractivity contribution is 5.70. The zero-order valence-corrected chi connectivity index (χ0v) is 48.2. The van der Waals surface area contributed by atoms with E-state index < -0.39 is 37.0 Å². The first-order valence-corrected chi connectivity index (χ1v) is 31.3. The molecule has 10 nitrogen and oxygen atoms in total. The smallest absolute Gasteiger partial charge is 0.306 e. The number of fused-ring (bicyclic) bond motifs is 1. The van der Waals surface area contributed by atoms with Crippen molar-refractivity contribution >= 4 is 34.7 Å². The van der Waals surface area contributed by atoms with Gasteiger partial charge in [0.15, 0.2) is 18.7 Å². The summed E-state index contributed by atoms with van der Waals surface area (Å²) < 4.78 is 39.2.